The molecule has 0 saturated heterocycles. The maximum absolute atomic E-state index is 13.9. The Balaban J connectivity index is 1.53. The first-order valence-electron chi connectivity index (χ1n) is 10.5. The summed E-state index contributed by atoms with van der Waals surface area (Å²) in [5.74, 6) is 0.257. The third-order valence-corrected chi connectivity index (χ3v) is 6.30. The van der Waals surface area contributed by atoms with Gasteiger partial charge in [-0.3, -0.25) is 9.36 Å². The molecule has 1 aliphatic carbocycles. The second-order valence-electron chi connectivity index (χ2n) is 7.54. The van der Waals surface area contributed by atoms with E-state index in [1.807, 2.05) is 41.8 Å². The van der Waals surface area contributed by atoms with Crippen LogP contribution in [0.1, 0.15) is 38.4 Å². The number of nitrogens with one attached hydrogen (secondary N) is 1. The summed E-state index contributed by atoms with van der Waals surface area (Å²) >= 11 is 1.35. The van der Waals surface area contributed by atoms with Crippen molar-refractivity contribution >= 4 is 17.7 Å². The van der Waals surface area contributed by atoms with Crippen molar-refractivity contribution in [1.82, 2.24) is 20.1 Å². The molecule has 1 fully saturated rings. The van der Waals surface area contributed by atoms with Crippen molar-refractivity contribution in [3.8, 4) is 11.4 Å². The van der Waals surface area contributed by atoms with Crippen LogP contribution in [0.4, 0.5) is 4.39 Å². The van der Waals surface area contributed by atoms with Gasteiger partial charge in [0.15, 0.2) is 22.5 Å². The number of hydrogen-bond donors (Lipinski definition) is 1. The standard InChI is InChI=1S/C23H25FN4O2S/c1-16(22(29)25-17-9-5-6-10-17)31-23-27-26-21(28(23)18-11-3-2-4-12-18)15-30-20-14-8-7-13-19(20)24/h2-4,7-8,11-14,16-17H,5-6,9-10,15H2,1H3,(H,25,29). The molecule has 162 valence electrons. The Morgan fingerprint density at radius 2 is 1.87 bits per heavy atom. The van der Waals surface area contributed by atoms with Gasteiger partial charge in [0.2, 0.25) is 5.91 Å². The van der Waals surface area contributed by atoms with Crippen LogP contribution in [0.2, 0.25) is 0 Å². The monoisotopic (exact) mass is 440 g/mol. The molecular formula is C23H25FN4O2S. The van der Waals surface area contributed by atoms with Crippen LogP contribution in [0.5, 0.6) is 5.75 Å². The number of benzene rings is 2. The highest BCUT2D eigenvalue weighted by molar-refractivity contribution is 8.00. The maximum Gasteiger partial charge on any atom is 0.233 e. The second-order valence-corrected chi connectivity index (χ2v) is 8.85. The number of para-hydroxylation sites is 2. The molecule has 31 heavy (non-hydrogen) atoms. The van der Waals surface area contributed by atoms with E-state index >= 15 is 0 Å². The molecule has 6 nitrogen and oxygen atoms in total. The van der Waals surface area contributed by atoms with Gasteiger partial charge in [0, 0.05) is 11.7 Å². The van der Waals surface area contributed by atoms with Gasteiger partial charge in [0.1, 0.15) is 6.61 Å². The van der Waals surface area contributed by atoms with Gasteiger partial charge in [-0.1, -0.05) is 54.9 Å². The quantitative estimate of drug-likeness (QED) is 0.522. The highest BCUT2D eigenvalue weighted by Crippen LogP contribution is 2.27. The number of hydrogen-bond acceptors (Lipinski definition) is 5. The van der Waals surface area contributed by atoms with Gasteiger partial charge < -0.3 is 10.1 Å². The van der Waals surface area contributed by atoms with Gasteiger partial charge in [-0.15, -0.1) is 10.2 Å². The van der Waals surface area contributed by atoms with E-state index in [1.165, 1.54) is 30.7 Å². The SMILES string of the molecule is CC(Sc1nnc(COc2ccccc2F)n1-c1ccccc1)C(=O)NC1CCCC1. The summed E-state index contributed by atoms with van der Waals surface area (Å²) in [6, 6.07) is 16.1. The lowest BCUT2D eigenvalue weighted by molar-refractivity contribution is -0.120. The van der Waals surface area contributed by atoms with Crippen LogP contribution in [0, 0.1) is 5.82 Å². The first-order valence-corrected chi connectivity index (χ1v) is 11.3. The lowest BCUT2D eigenvalue weighted by Gasteiger charge is -2.17. The minimum Gasteiger partial charge on any atom is -0.483 e. The number of carbonyl (C=O) groups excluding carboxylic acids is 1. The van der Waals surface area contributed by atoms with Gasteiger partial charge in [-0.25, -0.2) is 4.39 Å². The molecule has 4 rings (SSSR count). The molecule has 1 unspecified atom stereocenters. The van der Waals surface area contributed by atoms with Crippen LogP contribution >= 0.6 is 11.8 Å². The van der Waals surface area contributed by atoms with E-state index in [-0.39, 0.29) is 29.6 Å². The third-order valence-electron chi connectivity index (χ3n) is 5.26. The van der Waals surface area contributed by atoms with Crippen molar-refractivity contribution in [1.29, 1.82) is 0 Å². The summed E-state index contributed by atoms with van der Waals surface area (Å²) in [5, 5.41) is 12.0. The molecule has 0 radical (unpaired) electrons. The van der Waals surface area contributed by atoms with Crippen LogP contribution in [0.3, 0.4) is 0 Å². The number of ether oxygens (including phenoxy) is 1. The molecule has 1 amide bonds. The fraction of sp³-hybridized carbons (Fsp3) is 0.348. The topological polar surface area (TPSA) is 69.0 Å². The largest absolute Gasteiger partial charge is 0.483 e. The third kappa shape index (κ3) is 5.25. The van der Waals surface area contributed by atoms with Crippen LogP contribution < -0.4 is 10.1 Å². The minimum atomic E-state index is -0.430. The van der Waals surface area contributed by atoms with Gasteiger partial charge in [-0.2, -0.15) is 0 Å². The van der Waals surface area contributed by atoms with Crippen molar-refractivity contribution in [2.24, 2.45) is 0 Å². The van der Waals surface area contributed by atoms with Crippen LogP contribution in [0.25, 0.3) is 5.69 Å². The number of nitrogens with zero attached hydrogens (tertiary/aromatic N) is 3. The molecule has 1 atom stereocenters. The average Bonchev–Trinajstić information content (AvgIpc) is 3.43. The van der Waals surface area contributed by atoms with E-state index in [2.05, 4.69) is 15.5 Å². The number of thioether (sulfide) groups is 1. The Kier molecular flexibility index (Phi) is 6.86. The summed E-state index contributed by atoms with van der Waals surface area (Å²) in [6.45, 7) is 1.92. The Morgan fingerprint density at radius 1 is 1.16 bits per heavy atom. The van der Waals surface area contributed by atoms with Crippen molar-refractivity contribution in [2.75, 3.05) is 0 Å². The second kappa shape index (κ2) is 9.96. The molecule has 2 aromatic carbocycles. The number of rotatable bonds is 8. The van der Waals surface area contributed by atoms with E-state index < -0.39 is 5.82 Å². The molecule has 1 aromatic heterocycles. The highest BCUT2D eigenvalue weighted by atomic mass is 32.2. The zero-order chi connectivity index (χ0) is 21.6. The molecule has 1 saturated carbocycles. The lowest BCUT2D eigenvalue weighted by atomic mass is 10.2. The molecule has 0 spiro atoms. The molecule has 0 aliphatic heterocycles. The Bertz CT molecular complexity index is 1020. The summed E-state index contributed by atoms with van der Waals surface area (Å²) in [7, 11) is 0. The van der Waals surface area contributed by atoms with Crippen LogP contribution in [0.15, 0.2) is 59.8 Å². The number of halogens is 1. The fourth-order valence-corrected chi connectivity index (χ4v) is 4.51. The minimum absolute atomic E-state index is 0.00340. The van der Waals surface area contributed by atoms with Gasteiger partial charge >= 0.3 is 0 Å². The van der Waals surface area contributed by atoms with E-state index in [4.69, 9.17) is 4.74 Å². The molecular weight excluding hydrogens is 415 g/mol. The van der Waals surface area contributed by atoms with Crippen molar-refractivity contribution in [3.63, 3.8) is 0 Å². The molecule has 1 aliphatic rings. The first kappa shape index (κ1) is 21.4. The molecule has 1 N–H and O–H groups in total. The summed E-state index contributed by atoms with van der Waals surface area (Å²) < 4.78 is 21.4. The Morgan fingerprint density at radius 3 is 2.61 bits per heavy atom. The smallest absolute Gasteiger partial charge is 0.233 e. The fourth-order valence-electron chi connectivity index (χ4n) is 3.61. The van der Waals surface area contributed by atoms with Crippen molar-refractivity contribution in [2.45, 2.75) is 55.7 Å². The van der Waals surface area contributed by atoms with Crippen molar-refractivity contribution < 1.29 is 13.9 Å². The molecule has 0 bridgehead atoms. The van der Waals surface area contributed by atoms with Crippen molar-refractivity contribution in [3.05, 3.63) is 66.2 Å². The average molecular weight is 441 g/mol. The molecule has 3 aromatic rings. The van der Waals surface area contributed by atoms with E-state index in [0.29, 0.717) is 11.0 Å². The van der Waals surface area contributed by atoms with Crippen LogP contribution in [-0.2, 0) is 11.4 Å². The first-order chi connectivity index (χ1) is 15.1. The summed E-state index contributed by atoms with van der Waals surface area (Å²) in [6.07, 6.45) is 4.42. The Labute approximate surface area is 185 Å². The maximum atomic E-state index is 13.9. The Hall–Kier alpha value is -2.87. The molecule has 1 heterocycles. The summed E-state index contributed by atoms with van der Waals surface area (Å²) in [5.41, 5.74) is 0.852. The molecule has 8 heteroatoms. The highest BCUT2D eigenvalue weighted by Gasteiger charge is 2.24. The van der Waals surface area contributed by atoms with Gasteiger partial charge in [0.25, 0.3) is 0 Å². The number of aromatic nitrogens is 3. The predicted molar refractivity (Wildman–Crippen MR) is 118 cm³/mol. The number of amides is 1. The van der Waals surface area contributed by atoms with E-state index in [0.717, 1.165) is 18.5 Å². The van der Waals surface area contributed by atoms with Gasteiger partial charge in [-0.05, 0) is 44.0 Å². The van der Waals surface area contributed by atoms with Crippen LogP contribution in [-0.4, -0.2) is 32.0 Å². The zero-order valence-electron chi connectivity index (χ0n) is 17.3. The predicted octanol–water partition coefficient (Wildman–Crippen LogP) is 4.52. The van der Waals surface area contributed by atoms with E-state index in [1.54, 1.807) is 18.2 Å². The van der Waals surface area contributed by atoms with Gasteiger partial charge in [0.05, 0.1) is 5.25 Å². The zero-order valence-corrected chi connectivity index (χ0v) is 18.1. The van der Waals surface area contributed by atoms with E-state index in [9.17, 15) is 9.18 Å². The normalized spacial score (nSPS) is 15.0. The lowest BCUT2D eigenvalue weighted by Crippen LogP contribution is -2.37. The summed E-state index contributed by atoms with van der Waals surface area (Å²) in [4.78, 5) is 12.7. The number of carbonyl (C=O) groups is 1.